The van der Waals surface area contributed by atoms with Gasteiger partial charge in [0.25, 0.3) is 5.56 Å². The van der Waals surface area contributed by atoms with Gasteiger partial charge in [-0.2, -0.15) is 0 Å². The number of rotatable bonds is 7. The van der Waals surface area contributed by atoms with E-state index in [1.165, 1.54) is 17.4 Å². The molecule has 2 aromatic rings. The fraction of sp³-hybridized carbons (Fsp3) is 0.368. The Labute approximate surface area is 171 Å². The number of allylic oxidation sites excluding steroid dienone is 1. The number of nitrogens with one attached hydrogen (secondary N) is 1. The molecule has 1 aliphatic rings. The fourth-order valence-corrected chi connectivity index (χ4v) is 3.30. The van der Waals surface area contributed by atoms with E-state index in [2.05, 4.69) is 4.98 Å². The maximum Gasteiger partial charge on any atom is 0.329 e. The first kappa shape index (κ1) is 21.7. The number of aromatic amines is 1. The van der Waals surface area contributed by atoms with Crippen molar-refractivity contribution in [1.82, 2.24) is 14.6 Å². The molecule has 0 saturated carbocycles. The molecule has 1 aliphatic heterocycles. The van der Waals surface area contributed by atoms with Gasteiger partial charge in [-0.15, -0.1) is 0 Å². The quantitative estimate of drug-likeness (QED) is 0.216. The second-order valence-corrected chi connectivity index (χ2v) is 7.09. The highest BCUT2D eigenvalue weighted by molar-refractivity contribution is 5.20. The van der Waals surface area contributed by atoms with Crippen LogP contribution in [0.5, 0.6) is 0 Å². The van der Waals surface area contributed by atoms with Crippen molar-refractivity contribution in [1.29, 1.82) is 0 Å². The molecule has 1 saturated heterocycles. The Morgan fingerprint density at radius 1 is 1.23 bits per heavy atom. The molecule has 4 atom stereocenters. The van der Waals surface area contributed by atoms with Crippen LogP contribution >= 0.6 is 0 Å². The van der Waals surface area contributed by atoms with E-state index in [-0.39, 0.29) is 12.2 Å². The molecule has 1 fully saturated rings. The largest absolute Gasteiger partial charge is 0.401 e. The number of nitrogens with two attached hydrogens (primary N) is 2. The number of aliphatic hydroxyl groups excluding tert-OH is 3. The molecule has 3 rings (SSSR count). The van der Waals surface area contributed by atoms with Crippen molar-refractivity contribution >= 4 is 0 Å². The topological polar surface area (TPSA) is 180 Å². The lowest BCUT2D eigenvalue weighted by Crippen LogP contribution is -2.40. The van der Waals surface area contributed by atoms with Crippen LogP contribution in [0, 0.1) is 0 Å². The summed E-state index contributed by atoms with van der Waals surface area (Å²) in [5.41, 5.74) is 5.89. The van der Waals surface area contributed by atoms with E-state index in [1.54, 1.807) is 0 Å². The van der Waals surface area contributed by atoms with Crippen molar-refractivity contribution in [3.8, 4) is 0 Å². The average molecular weight is 419 g/mol. The van der Waals surface area contributed by atoms with Crippen molar-refractivity contribution in [3.63, 3.8) is 0 Å². The third kappa shape index (κ3) is 4.78. The van der Waals surface area contributed by atoms with E-state index in [1.807, 2.05) is 30.3 Å². The van der Waals surface area contributed by atoms with Gasteiger partial charge >= 0.3 is 5.69 Å². The normalized spacial score (nSPS) is 24.2. The number of H-pyrrole nitrogens is 1. The van der Waals surface area contributed by atoms with Gasteiger partial charge in [0.05, 0.1) is 12.2 Å². The summed E-state index contributed by atoms with van der Waals surface area (Å²) in [4.78, 5) is 26.5. The standard InChI is InChI=1S/C19H25N5O6/c20-12(6-11-4-2-1-3-5-11)7-24(21)10-23-8-13(18(28)22-19(23)29)17-16(27)15(26)14(9-25)30-17/h1-5,7-8,14-17,25-27H,6,9-10,20-21H2,(H,22,28,29)/b12-7-. The molecular weight excluding hydrogens is 394 g/mol. The summed E-state index contributed by atoms with van der Waals surface area (Å²) in [6.45, 7) is -0.679. The van der Waals surface area contributed by atoms with Crippen LogP contribution in [-0.4, -0.2) is 54.8 Å². The molecular formula is C19H25N5O6. The molecule has 0 aliphatic carbocycles. The van der Waals surface area contributed by atoms with Gasteiger partial charge in [-0.25, -0.2) is 10.6 Å². The zero-order valence-electron chi connectivity index (χ0n) is 16.1. The number of nitrogens with zero attached hydrogens (tertiary/aromatic N) is 2. The lowest BCUT2D eigenvalue weighted by molar-refractivity contribution is -0.0234. The Kier molecular flexibility index (Phi) is 6.70. The van der Waals surface area contributed by atoms with Crippen LogP contribution in [0.2, 0.25) is 0 Å². The minimum Gasteiger partial charge on any atom is -0.401 e. The molecule has 11 heteroatoms. The predicted octanol–water partition coefficient (Wildman–Crippen LogP) is -2.13. The highest BCUT2D eigenvalue weighted by Gasteiger charge is 2.44. The minimum atomic E-state index is -1.44. The summed E-state index contributed by atoms with van der Waals surface area (Å²) in [5.74, 6) is 5.94. The molecule has 4 unspecified atom stereocenters. The number of hydrogen-bond donors (Lipinski definition) is 6. The highest BCUT2D eigenvalue weighted by atomic mass is 16.6. The Morgan fingerprint density at radius 2 is 1.93 bits per heavy atom. The average Bonchev–Trinajstić information content (AvgIpc) is 2.99. The van der Waals surface area contributed by atoms with Gasteiger partial charge in [0.15, 0.2) is 0 Å². The number of hydrazine groups is 1. The molecule has 8 N–H and O–H groups in total. The van der Waals surface area contributed by atoms with Gasteiger partial charge in [-0.1, -0.05) is 30.3 Å². The summed E-state index contributed by atoms with van der Waals surface area (Å²) >= 11 is 0. The number of ether oxygens (including phenoxy) is 1. The molecule has 0 bridgehead atoms. The molecule has 0 radical (unpaired) electrons. The summed E-state index contributed by atoms with van der Waals surface area (Å²) in [6.07, 6.45) is -1.94. The molecule has 30 heavy (non-hydrogen) atoms. The zero-order chi connectivity index (χ0) is 21.8. The number of aliphatic hydroxyl groups is 3. The number of aromatic nitrogens is 2. The van der Waals surface area contributed by atoms with Gasteiger partial charge in [0.1, 0.15) is 31.1 Å². The van der Waals surface area contributed by atoms with E-state index in [4.69, 9.17) is 16.3 Å². The van der Waals surface area contributed by atoms with Crippen LogP contribution in [0.25, 0.3) is 0 Å². The molecule has 2 heterocycles. The molecule has 1 aromatic heterocycles. The van der Waals surface area contributed by atoms with Gasteiger partial charge in [-0.05, 0) is 5.56 Å². The first-order chi connectivity index (χ1) is 14.3. The lowest BCUT2D eigenvalue weighted by Gasteiger charge is -2.19. The van der Waals surface area contributed by atoms with Gasteiger partial charge in [0, 0.05) is 24.5 Å². The van der Waals surface area contributed by atoms with Crippen LogP contribution in [0.1, 0.15) is 17.2 Å². The van der Waals surface area contributed by atoms with Gasteiger partial charge in [0.2, 0.25) is 0 Å². The molecule has 0 spiro atoms. The van der Waals surface area contributed by atoms with Crippen LogP contribution in [0.15, 0.2) is 58.0 Å². The highest BCUT2D eigenvalue weighted by Crippen LogP contribution is 2.31. The monoisotopic (exact) mass is 419 g/mol. The fourth-order valence-electron chi connectivity index (χ4n) is 3.30. The predicted molar refractivity (Wildman–Crippen MR) is 106 cm³/mol. The van der Waals surface area contributed by atoms with Crippen LogP contribution in [-0.2, 0) is 17.8 Å². The molecule has 1 aromatic carbocycles. The van der Waals surface area contributed by atoms with Crippen molar-refractivity contribution < 1.29 is 20.1 Å². The van der Waals surface area contributed by atoms with Crippen LogP contribution in [0.3, 0.4) is 0 Å². The molecule has 0 amide bonds. The smallest absolute Gasteiger partial charge is 0.329 e. The third-order valence-corrected chi connectivity index (χ3v) is 4.79. The van der Waals surface area contributed by atoms with Crippen LogP contribution in [0.4, 0.5) is 0 Å². The summed E-state index contributed by atoms with van der Waals surface area (Å²) in [5, 5.41) is 30.5. The second-order valence-electron chi connectivity index (χ2n) is 7.09. The van der Waals surface area contributed by atoms with E-state index >= 15 is 0 Å². The summed E-state index contributed by atoms with van der Waals surface area (Å²) in [6, 6.07) is 9.51. The van der Waals surface area contributed by atoms with Crippen molar-refractivity contribution in [3.05, 3.63) is 80.4 Å². The maximum atomic E-state index is 12.2. The number of benzene rings is 1. The van der Waals surface area contributed by atoms with E-state index < -0.39 is 42.3 Å². The van der Waals surface area contributed by atoms with E-state index in [0.29, 0.717) is 12.1 Å². The van der Waals surface area contributed by atoms with Crippen LogP contribution < -0.4 is 22.8 Å². The SMILES string of the molecule is N/C(=C\N(N)Cn1cc(C2OC(CO)C(O)C2O)c(=O)[nH]c1=O)Cc1ccccc1. The summed E-state index contributed by atoms with van der Waals surface area (Å²) in [7, 11) is 0. The Morgan fingerprint density at radius 3 is 2.57 bits per heavy atom. The minimum absolute atomic E-state index is 0.0771. The first-order valence-electron chi connectivity index (χ1n) is 9.27. The first-order valence-corrected chi connectivity index (χ1v) is 9.27. The van der Waals surface area contributed by atoms with Crippen molar-refractivity contribution in [2.75, 3.05) is 6.61 Å². The lowest BCUT2D eigenvalue weighted by atomic mass is 10.0. The molecule has 11 nitrogen and oxygen atoms in total. The van der Waals surface area contributed by atoms with E-state index in [9.17, 15) is 24.9 Å². The maximum absolute atomic E-state index is 12.2. The van der Waals surface area contributed by atoms with E-state index in [0.717, 1.165) is 10.1 Å². The number of hydrogen-bond acceptors (Lipinski definition) is 9. The van der Waals surface area contributed by atoms with Crippen molar-refractivity contribution in [2.24, 2.45) is 11.6 Å². The Balaban J connectivity index is 1.78. The van der Waals surface area contributed by atoms with Crippen molar-refractivity contribution in [2.45, 2.75) is 37.5 Å². The summed E-state index contributed by atoms with van der Waals surface area (Å²) < 4.78 is 6.48. The third-order valence-electron chi connectivity index (χ3n) is 4.79. The Hall–Kier alpha value is -2.96. The second kappa shape index (κ2) is 9.24. The Bertz CT molecular complexity index is 1000. The van der Waals surface area contributed by atoms with Gasteiger partial charge in [-0.3, -0.25) is 19.4 Å². The zero-order valence-corrected chi connectivity index (χ0v) is 16.1. The molecule has 162 valence electrons. The van der Waals surface area contributed by atoms with Gasteiger partial charge < -0.3 is 25.8 Å².